The average molecular weight is 396 g/mol. The zero-order chi connectivity index (χ0) is 20.6. The summed E-state index contributed by atoms with van der Waals surface area (Å²) in [5.74, 6) is 0.244. The van der Waals surface area contributed by atoms with E-state index in [0.29, 0.717) is 31.6 Å². The van der Waals surface area contributed by atoms with Crippen LogP contribution >= 0.6 is 0 Å². The van der Waals surface area contributed by atoms with Gasteiger partial charge in [-0.2, -0.15) is 0 Å². The van der Waals surface area contributed by atoms with E-state index in [-0.39, 0.29) is 23.3 Å². The molecule has 0 saturated carbocycles. The second-order valence-corrected chi connectivity index (χ2v) is 6.37. The van der Waals surface area contributed by atoms with Gasteiger partial charge in [-0.3, -0.25) is 14.0 Å². The van der Waals surface area contributed by atoms with Crippen LogP contribution in [0.1, 0.15) is 33.1 Å². The summed E-state index contributed by atoms with van der Waals surface area (Å²) in [6, 6.07) is 12.8. The van der Waals surface area contributed by atoms with Crippen molar-refractivity contribution in [3.8, 4) is 5.75 Å². The van der Waals surface area contributed by atoms with Crippen molar-refractivity contribution in [2.75, 3.05) is 27.4 Å². The Labute approximate surface area is 168 Å². The molecule has 0 spiro atoms. The Kier molecular flexibility index (Phi) is 6.80. The molecule has 2 amide bonds. The van der Waals surface area contributed by atoms with Gasteiger partial charge >= 0.3 is 0 Å². The molecular weight excluding hydrogens is 372 g/mol. The zero-order valence-corrected chi connectivity index (χ0v) is 16.5. The third kappa shape index (κ3) is 4.91. The zero-order valence-electron chi connectivity index (χ0n) is 16.5. The predicted molar refractivity (Wildman–Crippen MR) is 108 cm³/mol. The van der Waals surface area contributed by atoms with Gasteiger partial charge < -0.3 is 20.1 Å². The Morgan fingerprint density at radius 1 is 1.03 bits per heavy atom. The van der Waals surface area contributed by atoms with E-state index in [4.69, 9.17) is 9.47 Å². The van der Waals surface area contributed by atoms with Crippen molar-refractivity contribution in [3.63, 3.8) is 0 Å². The van der Waals surface area contributed by atoms with E-state index in [2.05, 4.69) is 15.6 Å². The van der Waals surface area contributed by atoms with Crippen molar-refractivity contribution in [2.45, 2.75) is 13.0 Å². The van der Waals surface area contributed by atoms with Gasteiger partial charge in [0.05, 0.1) is 12.6 Å². The summed E-state index contributed by atoms with van der Waals surface area (Å²) in [5.41, 5.74) is 1.71. The van der Waals surface area contributed by atoms with E-state index in [0.717, 1.165) is 11.3 Å². The lowest BCUT2D eigenvalue weighted by molar-refractivity contribution is 0.0937. The number of carbonyl (C=O) groups is 2. The van der Waals surface area contributed by atoms with Gasteiger partial charge in [0.2, 0.25) is 5.82 Å². The van der Waals surface area contributed by atoms with Gasteiger partial charge in [-0.1, -0.05) is 18.2 Å². The van der Waals surface area contributed by atoms with Gasteiger partial charge in [0.15, 0.2) is 5.69 Å². The maximum absolute atomic E-state index is 12.7. The Bertz CT molecular complexity index is 982. The van der Waals surface area contributed by atoms with Crippen molar-refractivity contribution < 1.29 is 19.1 Å². The Hall–Kier alpha value is -3.39. The molecular formula is C21H24N4O4. The molecule has 2 heterocycles. The van der Waals surface area contributed by atoms with Crippen LogP contribution in [0.2, 0.25) is 0 Å². The van der Waals surface area contributed by atoms with Crippen LogP contribution in [0.3, 0.4) is 0 Å². The number of ether oxygens (including phenoxy) is 2. The fraction of sp³-hybridized carbons (Fsp3) is 0.286. The number of amides is 2. The average Bonchev–Trinajstić information content (AvgIpc) is 3.15. The minimum atomic E-state index is -0.344. The fourth-order valence-electron chi connectivity index (χ4n) is 2.87. The molecule has 3 aromatic rings. The van der Waals surface area contributed by atoms with E-state index in [1.807, 2.05) is 24.3 Å². The lowest BCUT2D eigenvalue weighted by atomic mass is 10.2. The van der Waals surface area contributed by atoms with Crippen LogP contribution in [0.25, 0.3) is 5.52 Å². The topological polar surface area (TPSA) is 94.0 Å². The van der Waals surface area contributed by atoms with Gasteiger partial charge in [0.1, 0.15) is 5.75 Å². The Morgan fingerprint density at radius 3 is 2.55 bits per heavy atom. The van der Waals surface area contributed by atoms with E-state index in [9.17, 15) is 9.59 Å². The molecule has 3 rings (SSSR count). The summed E-state index contributed by atoms with van der Waals surface area (Å²) < 4.78 is 11.7. The highest BCUT2D eigenvalue weighted by atomic mass is 16.5. The highest BCUT2D eigenvalue weighted by Crippen LogP contribution is 2.14. The van der Waals surface area contributed by atoms with E-state index in [1.54, 1.807) is 43.0 Å². The molecule has 0 radical (unpaired) electrons. The van der Waals surface area contributed by atoms with Crippen molar-refractivity contribution in [1.29, 1.82) is 0 Å². The van der Waals surface area contributed by atoms with Gasteiger partial charge in [0.25, 0.3) is 11.8 Å². The van der Waals surface area contributed by atoms with Crippen LogP contribution in [0.4, 0.5) is 0 Å². The summed E-state index contributed by atoms with van der Waals surface area (Å²) >= 11 is 0. The van der Waals surface area contributed by atoms with Crippen molar-refractivity contribution in [3.05, 3.63) is 65.7 Å². The molecule has 0 bridgehead atoms. The van der Waals surface area contributed by atoms with Crippen LogP contribution in [0.15, 0.2) is 48.7 Å². The molecule has 29 heavy (non-hydrogen) atoms. The standard InChI is InChI=1S/C21H24N4O4/c1-28-13-5-11-22-21(27)19-24-18(17-6-3-4-12-25(17)19)20(26)23-14-15-7-9-16(29-2)10-8-15/h3-4,6-10,12H,5,11,13-14H2,1-2H3,(H,22,27)(H,23,26). The number of nitrogens with zero attached hydrogens (tertiary/aromatic N) is 2. The summed E-state index contributed by atoms with van der Waals surface area (Å²) in [7, 11) is 3.21. The third-order valence-electron chi connectivity index (χ3n) is 4.39. The first-order chi connectivity index (χ1) is 14.1. The van der Waals surface area contributed by atoms with Gasteiger partial charge in [-0.05, 0) is 36.2 Å². The first-order valence-electron chi connectivity index (χ1n) is 9.29. The Balaban J connectivity index is 1.74. The van der Waals surface area contributed by atoms with E-state index in [1.165, 1.54) is 0 Å². The predicted octanol–water partition coefficient (Wildman–Crippen LogP) is 2.04. The number of methoxy groups -OCH3 is 2. The van der Waals surface area contributed by atoms with Gasteiger partial charge in [0, 0.05) is 33.0 Å². The number of fused-ring (bicyclic) bond motifs is 1. The van der Waals surface area contributed by atoms with E-state index >= 15 is 0 Å². The van der Waals surface area contributed by atoms with Crippen LogP contribution in [-0.4, -0.2) is 48.6 Å². The van der Waals surface area contributed by atoms with Crippen LogP contribution in [-0.2, 0) is 11.3 Å². The number of carbonyl (C=O) groups excluding carboxylic acids is 2. The number of hydrogen-bond acceptors (Lipinski definition) is 5. The number of hydrogen-bond donors (Lipinski definition) is 2. The quantitative estimate of drug-likeness (QED) is 0.540. The Morgan fingerprint density at radius 2 is 1.83 bits per heavy atom. The minimum absolute atomic E-state index is 0.174. The van der Waals surface area contributed by atoms with Gasteiger partial charge in [-0.15, -0.1) is 0 Å². The second kappa shape index (κ2) is 9.70. The number of nitrogens with one attached hydrogen (secondary N) is 2. The summed E-state index contributed by atoms with van der Waals surface area (Å²) in [6.45, 7) is 1.36. The molecule has 0 aliphatic carbocycles. The number of rotatable bonds is 9. The molecule has 152 valence electrons. The molecule has 0 atom stereocenters. The van der Waals surface area contributed by atoms with Crippen molar-refractivity contribution >= 4 is 17.3 Å². The van der Waals surface area contributed by atoms with E-state index < -0.39 is 0 Å². The summed E-state index contributed by atoms with van der Waals surface area (Å²) in [5, 5.41) is 5.65. The molecule has 8 heteroatoms. The maximum atomic E-state index is 12.7. The molecule has 0 unspecified atom stereocenters. The lowest BCUT2D eigenvalue weighted by Gasteiger charge is -2.05. The summed E-state index contributed by atoms with van der Waals surface area (Å²) in [4.78, 5) is 29.6. The van der Waals surface area contributed by atoms with Crippen LogP contribution in [0, 0.1) is 0 Å². The third-order valence-corrected chi connectivity index (χ3v) is 4.39. The maximum Gasteiger partial charge on any atom is 0.287 e. The molecule has 1 aromatic carbocycles. The first-order valence-corrected chi connectivity index (χ1v) is 9.29. The van der Waals surface area contributed by atoms with Crippen molar-refractivity contribution in [2.24, 2.45) is 0 Å². The second-order valence-electron chi connectivity index (χ2n) is 6.37. The normalized spacial score (nSPS) is 10.7. The first kappa shape index (κ1) is 20.3. The highest BCUT2D eigenvalue weighted by Gasteiger charge is 2.21. The molecule has 0 aliphatic heterocycles. The molecule has 0 fully saturated rings. The molecule has 8 nitrogen and oxygen atoms in total. The smallest absolute Gasteiger partial charge is 0.287 e. The number of pyridine rings is 1. The molecule has 2 N–H and O–H groups in total. The number of aromatic nitrogens is 2. The minimum Gasteiger partial charge on any atom is -0.497 e. The summed E-state index contributed by atoms with van der Waals surface area (Å²) in [6.07, 6.45) is 2.41. The van der Waals surface area contributed by atoms with Gasteiger partial charge in [-0.25, -0.2) is 4.98 Å². The molecule has 0 saturated heterocycles. The molecule has 2 aromatic heterocycles. The monoisotopic (exact) mass is 396 g/mol. The lowest BCUT2D eigenvalue weighted by Crippen LogP contribution is -2.27. The SMILES string of the molecule is COCCCNC(=O)c1nc(C(=O)NCc2ccc(OC)cc2)c2ccccn12. The number of benzene rings is 1. The fourth-order valence-corrected chi connectivity index (χ4v) is 2.87. The highest BCUT2D eigenvalue weighted by molar-refractivity contribution is 6.02. The van der Waals surface area contributed by atoms with Crippen LogP contribution < -0.4 is 15.4 Å². The molecule has 0 aliphatic rings. The van der Waals surface area contributed by atoms with Crippen LogP contribution in [0.5, 0.6) is 5.75 Å². The number of imidazole rings is 1. The largest absolute Gasteiger partial charge is 0.497 e. The van der Waals surface area contributed by atoms with Crippen molar-refractivity contribution in [1.82, 2.24) is 20.0 Å².